The molecule has 0 aliphatic carbocycles. The predicted octanol–water partition coefficient (Wildman–Crippen LogP) is 4.88. The minimum Gasteiger partial charge on any atom is -0.507 e. The fraction of sp³-hybridized carbons (Fsp3) is 0.222. The third kappa shape index (κ3) is 4.83. The van der Waals surface area contributed by atoms with Crippen molar-refractivity contribution in [2.24, 2.45) is 5.92 Å². The molecule has 1 atom stereocenters. The zero-order valence-corrected chi connectivity index (χ0v) is 18.9. The van der Waals surface area contributed by atoms with Gasteiger partial charge in [-0.1, -0.05) is 32.0 Å². The number of aliphatic hydroxyl groups is 1. The van der Waals surface area contributed by atoms with Crippen molar-refractivity contribution in [3.05, 3.63) is 101 Å². The lowest BCUT2D eigenvalue weighted by Crippen LogP contribution is -2.29. The number of hydrogen-bond donors (Lipinski definition) is 1. The first-order chi connectivity index (χ1) is 16.3. The number of ether oxygens (including phenoxy) is 1. The maximum absolute atomic E-state index is 13.6. The minimum absolute atomic E-state index is 0.0450. The summed E-state index contributed by atoms with van der Waals surface area (Å²) in [6.07, 6.45) is 3.22. The normalized spacial score (nSPS) is 17.4. The molecule has 34 heavy (non-hydrogen) atoms. The molecule has 3 aromatic rings. The van der Waals surface area contributed by atoms with E-state index in [2.05, 4.69) is 4.98 Å². The summed E-state index contributed by atoms with van der Waals surface area (Å²) in [6, 6.07) is 14.9. The van der Waals surface area contributed by atoms with Gasteiger partial charge in [0.05, 0.1) is 18.2 Å². The zero-order valence-electron chi connectivity index (χ0n) is 18.9. The average molecular weight is 461 g/mol. The molecule has 0 saturated carbocycles. The molecular formula is C27H25FN2O4. The summed E-state index contributed by atoms with van der Waals surface area (Å²) < 4.78 is 19.3. The Balaban J connectivity index is 1.75. The molecule has 7 heteroatoms. The number of halogens is 1. The van der Waals surface area contributed by atoms with Crippen LogP contribution in [0.5, 0.6) is 5.75 Å². The topological polar surface area (TPSA) is 79.7 Å². The highest BCUT2D eigenvalue weighted by Gasteiger charge is 2.46. The number of ketones is 1. The molecule has 2 heterocycles. The number of Topliss-reactive ketones (excluding diaryl/α,β-unsaturated/α-hetero) is 1. The van der Waals surface area contributed by atoms with E-state index in [1.54, 1.807) is 48.8 Å². The van der Waals surface area contributed by atoms with Gasteiger partial charge in [-0.25, -0.2) is 4.39 Å². The summed E-state index contributed by atoms with van der Waals surface area (Å²) in [5.74, 6) is -1.27. The Kier molecular flexibility index (Phi) is 6.72. The van der Waals surface area contributed by atoms with Gasteiger partial charge in [-0.3, -0.25) is 14.6 Å². The lowest BCUT2D eigenvalue weighted by molar-refractivity contribution is -0.140. The molecule has 1 aliphatic rings. The fourth-order valence-corrected chi connectivity index (χ4v) is 3.85. The molecule has 4 rings (SSSR count). The lowest BCUT2D eigenvalue weighted by atomic mass is 9.95. The van der Waals surface area contributed by atoms with E-state index in [1.807, 2.05) is 13.8 Å². The number of benzene rings is 2. The molecule has 0 spiro atoms. The van der Waals surface area contributed by atoms with Gasteiger partial charge >= 0.3 is 0 Å². The van der Waals surface area contributed by atoms with Crippen molar-refractivity contribution in [3.8, 4) is 5.75 Å². The second kappa shape index (κ2) is 9.87. The first-order valence-corrected chi connectivity index (χ1v) is 11.0. The van der Waals surface area contributed by atoms with Gasteiger partial charge in [-0.2, -0.15) is 0 Å². The highest BCUT2D eigenvalue weighted by molar-refractivity contribution is 6.46. The van der Waals surface area contributed by atoms with Crippen LogP contribution in [-0.2, 0) is 16.1 Å². The van der Waals surface area contributed by atoms with Crippen LogP contribution in [0.4, 0.5) is 4.39 Å². The maximum atomic E-state index is 13.6. The van der Waals surface area contributed by atoms with E-state index < -0.39 is 23.5 Å². The number of rotatable bonds is 7. The number of carbonyl (C=O) groups excluding carboxylic acids is 2. The first kappa shape index (κ1) is 23.2. The molecule has 1 amide bonds. The summed E-state index contributed by atoms with van der Waals surface area (Å²) >= 11 is 0. The Labute approximate surface area is 197 Å². The summed E-state index contributed by atoms with van der Waals surface area (Å²) in [4.78, 5) is 31.6. The number of carbonyl (C=O) groups is 2. The Hall–Kier alpha value is -4.00. The largest absolute Gasteiger partial charge is 0.507 e. The van der Waals surface area contributed by atoms with Gasteiger partial charge < -0.3 is 14.7 Å². The molecule has 0 unspecified atom stereocenters. The Morgan fingerprint density at radius 3 is 2.41 bits per heavy atom. The summed E-state index contributed by atoms with van der Waals surface area (Å²) in [7, 11) is 0. The van der Waals surface area contributed by atoms with Crippen molar-refractivity contribution in [1.82, 2.24) is 9.88 Å². The smallest absolute Gasteiger partial charge is 0.295 e. The third-order valence-corrected chi connectivity index (χ3v) is 5.51. The van der Waals surface area contributed by atoms with E-state index in [9.17, 15) is 19.1 Å². The number of aromatic nitrogens is 1. The SMILES string of the molecule is CC(C)COc1ccc(C(O)=C2C(=O)C(=O)N(Cc3cccnc3)[C@@H]2c2ccc(F)cc2)cc1. The van der Waals surface area contributed by atoms with Gasteiger partial charge in [-0.15, -0.1) is 0 Å². The Morgan fingerprint density at radius 2 is 1.79 bits per heavy atom. The van der Waals surface area contributed by atoms with E-state index in [0.29, 0.717) is 29.4 Å². The van der Waals surface area contributed by atoms with Crippen LogP contribution >= 0.6 is 0 Å². The van der Waals surface area contributed by atoms with Gasteiger partial charge in [0.2, 0.25) is 0 Å². The van der Waals surface area contributed by atoms with Gasteiger partial charge in [-0.05, 0) is 59.5 Å². The maximum Gasteiger partial charge on any atom is 0.295 e. The average Bonchev–Trinajstić information content (AvgIpc) is 3.08. The van der Waals surface area contributed by atoms with Crippen LogP contribution in [0.2, 0.25) is 0 Å². The van der Waals surface area contributed by atoms with E-state index in [4.69, 9.17) is 4.74 Å². The van der Waals surface area contributed by atoms with Crippen molar-refractivity contribution in [1.29, 1.82) is 0 Å². The van der Waals surface area contributed by atoms with Crippen molar-refractivity contribution < 1.29 is 23.8 Å². The summed E-state index contributed by atoms with van der Waals surface area (Å²) in [5, 5.41) is 11.1. The number of hydrogen-bond acceptors (Lipinski definition) is 5. The van der Waals surface area contributed by atoms with Crippen LogP contribution in [-0.4, -0.2) is 33.3 Å². The van der Waals surface area contributed by atoms with Crippen LogP contribution in [0, 0.1) is 11.7 Å². The van der Waals surface area contributed by atoms with E-state index in [-0.39, 0.29) is 17.9 Å². The van der Waals surface area contributed by atoms with Crippen molar-refractivity contribution in [3.63, 3.8) is 0 Å². The number of aliphatic hydroxyl groups excluding tert-OH is 1. The molecule has 1 aliphatic heterocycles. The highest BCUT2D eigenvalue weighted by atomic mass is 19.1. The van der Waals surface area contributed by atoms with Crippen LogP contribution in [0.25, 0.3) is 5.76 Å². The van der Waals surface area contributed by atoms with E-state index in [0.717, 1.165) is 5.56 Å². The predicted molar refractivity (Wildman–Crippen MR) is 125 cm³/mol. The molecule has 6 nitrogen and oxygen atoms in total. The van der Waals surface area contributed by atoms with Crippen molar-refractivity contribution >= 4 is 17.4 Å². The Morgan fingerprint density at radius 1 is 1.09 bits per heavy atom. The number of pyridine rings is 1. The minimum atomic E-state index is -0.877. The molecule has 1 saturated heterocycles. The molecule has 2 aromatic carbocycles. The second-order valence-corrected chi connectivity index (χ2v) is 8.57. The van der Waals surface area contributed by atoms with Crippen LogP contribution in [0.3, 0.4) is 0 Å². The van der Waals surface area contributed by atoms with Crippen LogP contribution in [0.1, 0.15) is 36.6 Å². The van der Waals surface area contributed by atoms with E-state index >= 15 is 0 Å². The molecule has 174 valence electrons. The van der Waals surface area contributed by atoms with Gasteiger partial charge in [0.25, 0.3) is 11.7 Å². The summed E-state index contributed by atoms with van der Waals surface area (Å²) in [5.41, 5.74) is 1.57. The lowest BCUT2D eigenvalue weighted by Gasteiger charge is -2.25. The summed E-state index contributed by atoms with van der Waals surface area (Å²) in [6.45, 7) is 4.74. The molecule has 1 aromatic heterocycles. The monoisotopic (exact) mass is 460 g/mol. The molecule has 0 bridgehead atoms. The van der Waals surface area contributed by atoms with Crippen LogP contribution < -0.4 is 4.74 Å². The zero-order chi connectivity index (χ0) is 24.2. The molecule has 1 N–H and O–H groups in total. The number of nitrogens with zero attached hydrogens (tertiary/aromatic N) is 2. The van der Waals surface area contributed by atoms with E-state index in [1.165, 1.54) is 29.2 Å². The van der Waals surface area contributed by atoms with Crippen LogP contribution in [0.15, 0.2) is 78.6 Å². The quantitative estimate of drug-likeness (QED) is 0.309. The molecule has 0 radical (unpaired) electrons. The highest BCUT2D eigenvalue weighted by Crippen LogP contribution is 2.40. The first-order valence-electron chi connectivity index (χ1n) is 11.0. The molecular weight excluding hydrogens is 435 g/mol. The van der Waals surface area contributed by atoms with Crippen molar-refractivity contribution in [2.75, 3.05) is 6.61 Å². The second-order valence-electron chi connectivity index (χ2n) is 8.57. The number of likely N-dealkylation sites (tertiary alicyclic amines) is 1. The Bertz CT molecular complexity index is 1210. The fourth-order valence-electron chi connectivity index (χ4n) is 3.85. The van der Waals surface area contributed by atoms with Gasteiger partial charge in [0, 0.05) is 24.5 Å². The standard InChI is InChI=1S/C27H25FN2O4/c1-17(2)16-34-22-11-7-20(8-12-22)25(31)23-24(19-5-9-21(28)10-6-19)30(27(33)26(23)32)15-18-4-3-13-29-14-18/h3-14,17,24,31H,15-16H2,1-2H3/t24-/m1/s1. The molecule has 1 fully saturated rings. The van der Waals surface area contributed by atoms with Gasteiger partial charge in [0.1, 0.15) is 17.3 Å². The van der Waals surface area contributed by atoms with Gasteiger partial charge in [0.15, 0.2) is 0 Å². The van der Waals surface area contributed by atoms with Crippen molar-refractivity contribution in [2.45, 2.75) is 26.4 Å². The number of amides is 1. The third-order valence-electron chi connectivity index (χ3n) is 5.51.